The summed E-state index contributed by atoms with van der Waals surface area (Å²) in [5.74, 6) is 0.565. The van der Waals surface area contributed by atoms with E-state index in [1.807, 2.05) is 4.90 Å². The van der Waals surface area contributed by atoms with Crippen LogP contribution in [0, 0.1) is 5.92 Å². The van der Waals surface area contributed by atoms with E-state index in [1.165, 1.54) is 10.4 Å². The predicted octanol–water partition coefficient (Wildman–Crippen LogP) is 2.75. The molecule has 2 aliphatic rings. The van der Waals surface area contributed by atoms with Crippen molar-refractivity contribution < 1.29 is 13.2 Å². The number of carbonyl (C=O) groups is 1. The van der Waals surface area contributed by atoms with E-state index < -0.39 is 16.1 Å². The van der Waals surface area contributed by atoms with Crippen LogP contribution in [0.5, 0.6) is 0 Å². The Morgan fingerprint density at radius 3 is 2.46 bits per heavy atom. The molecule has 5 nitrogen and oxygen atoms in total. The molecule has 0 bridgehead atoms. The van der Waals surface area contributed by atoms with Gasteiger partial charge in [0.05, 0.1) is 5.02 Å². The van der Waals surface area contributed by atoms with Gasteiger partial charge in [0.15, 0.2) is 0 Å². The number of hydrogen-bond donors (Lipinski definition) is 0. The molecule has 0 saturated carbocycles. The second-order valence-corrected chi connectivity index (χ2v) is 8.98. The van der Waals surface area contributed by atoms with E-state index in [0.717, 1.165) is 25.9 Å². The molecule has 132 valence electrons. The number of rotatable bonds is 3. The van der Waals surface area contributed by atoms with Crippen LogP contribution in [-0.2, 0) is 14.8 Å². The Labute approximate surface area is 148 Å². The molecule has 1 aromatic rings. The maximum Gasteiger partial charge on any atom is 0.245 e. The van der Waals surface area contributed by atoms with Gasteiger partial charge in [-0.05, 0) is 43.7 Å². The first-order valence-corrected chi connectivity index (χ1v) is 10.3. The fourth-order valence-corrected chi connectivity index (χ4v) is 5.64. The van der Waals surface area contributed by atoms with E-state index in [-0.39, 0.29) is 15.8 Å². The van der Waals surface area contributed by atoms with Crippen molar-refractivity contribution in [1.29, 1.82) is 0 Å². The molecule has 2 fully saturated rings. The third-order valence-corrected chi connectivity index (χ3v) is 7.42. The van der Waals surface area contributed by atoms with Gasteiger partial charge in [0.2, 0.25) is 15.9 Å². The first-order valence-electron chi connectivity index (χ1n) is 8.46. The summed E-state index contributed by atoms with van der Waals surface area (Å²) >= 11 is 6.08. The lowest BCUT2D eigenvalue weighted by molar-refractivity contribution is -0.135. The standard InChI is InChI=1S/C17H23ClN2O3S/c1-13-8-11-19(12-9-13)17(21)15-6-4-10-20(15)24(22,23)16-7-3-2-5-14(16)18/h2-3,5,7,13,15H,4,6,8-12H2,1H3/t15-/m0/s1. The van der Waals surface area contributed by atoms with Gasteiger partial charge in [0.1, 0.15) is 10.9 Å². The van der Waals surface area contributed by atoms with Crippen molar-refractivity contribution in [3.63, 3.8) is 0 Å². The number of benzene rings is 1. The molecule has 2 aliphatic heterocycles. The average Bonchev–Trinajstić information content (AvgIpc) is 3.05. The van der Waals surface area contributed by atoms with E-state index in [9.17, 15) is 13.2 Å². The minimum absolute atomic E-state index is 0.0602. The van der Waals surface area contributed by atoms with Gasteiger partial charge in [-0.2, -0.15) is 4.31 Å². The van der Waals surface area contributed by atoms with Gasteiger partial charge >= 0.3 is 0 Å². The van der Waals surface area contributed by atoms with Gasteiger partial charge in [-0.25, -0.2) is 8.42 Å². The van der Waals surface area contributed by atoms with Gasteiger partial charge in [-0.3, -0.25) is 4.79 Å². The molecule has 7 heteroatoms. The largest absolute Gasteiger partial charge is 0.341 e. The van der Waals surface area contributed by atoms with E-state index in [1.54, 1.807) is 18.2 Å². The molecule has 0 aliphatic carbocycles. The normalized spacial score (nSPS) is 23.6. The van der Waals surface area contributed by atoms with Crippen molar-refractivity contribution in [3.8, 4) is 0 Å². The van der Waals surface area contributed by atoms with Crippen molar-refractivity contribution in [3.05, 3.63) is 29.3 Å². The fourth-order valence-electron chi connectivity index (χ4n) is 3.49. The SMILES string of the molecule is CC1CCN(C(=O)[C@@H]2CCCN2S(=O)(=O)c2ccccc2Cl)CC1. The van der Waals surface area contributed by atoms with Crippen molar-refractivity contribution in [2.75, 3.05) is 19.6 Å². The molecule has 1 atom stereocenters. The van der Waals surface area contributed by atoms with Crippen molar-refractivity contribution >= 4 is 27.5 Å². The lowest BCUT2D eigenvalue weighted by Gasteiger charge is -2.34. The Morgan fingerprint density at radius 1 is 1.12 bits per heavy atom. The van der Waals surface area contributed by atoms with Crippen LogP contribution in [0.25, 0.3) is 0 Å². The zero-order valence-electron chi connectivity index (χ0n) is 13.8. The number of piperidine rings is 1. The molecule has 1 aromatic carbocycles. The topological polar surface area (TPSA) is 57.7 Å². The zero-order chi connectivity index (χ0) is 17.3. The molecule has 0 spiro atoms. The number of carbonyl (C=O) groups excluding carboxylic acids is 1. The number of sulfonamides is 1. The Kier molecular flexibility index (Phi) is 5.18. The van der Waals surface area contributed by atoms with Crippen LogP contribution >= 0.6 is 11.6 Å². The Morgan fingerprint density at radius 2 is 1.79 bits per heavy atom. The highest BCUT2D eigenvalue weighted by Gasteiger charge is 2.42. The first kappa shape index (κ1) is 17.7. The molecule has 0 N–H and O–H groups in total. The third-order valence-electron chi connectivity index (χ3n) is 5.01. The Bertz CT molecular complexity index is 714. The van der Waals surface area contributed by atoms with Gasteiger partial charge < -0.3 is 4.90 Å². The van der Waals surface area contributed by atoms with Crippen LogP contribution in [0.4, 0.5) is 0 Å². The quantitative estimate of drug-likeness (QED) is 0.822. The number of nitrogens with zero attached hydrogens (tertiary/aromatic N) is 2. The van der Waals surface area contributed by atoms with Crippen LogP contribution in [0.2, 0.25) is 5.02 Å². The molecule has 24 heavy (non-hydrogen) atoms. The summed E-state index contributed by atoms with van der Waals surface area (Å²) in [4.78, 5) is 14.8. The van der Waals surface area contributed by atoms with Crippen molar-refractivity contribution in [2.24, 2.45) is 5.92 Å². The molecule has 0 unspecified atom stereocenters. The van der Waals surface area contributed by atoms with Gasteiger partial charge in [-0.15, -0.1) is 0 Å². The minimum atomic E-state index is -3.76. The molecule has 3 rings (SSSR count). The fraction of sp³-hybridized carbons (Fsp3) is 0.588. The van der Waals surface area contributed by atoms with Crippen molar-refractivity contribution in [2.45, 2.75) is 43.5 Å². The summed E-state index contributed by atoms with van der Waals surface area (Å²) in [7, 11) is -3.76. The minimum Gasteiger partial charge on any atom is -0.341 e. The highest BCUT2D eigenvalue weighted by atomic mass is 35.5. The van der Waals surface area contributed by atoms with Crippen LogP contribution in [0.15, 0.2) is 29.2 Å². The van der Waals surface area contributed by atoms with E-state index >= 15 is 0 Å². The van der Waals surface area contributed by atoms with Gasteiger partial charge in [-0.1, -0.05) is 30.7 Å². The van der Waals surface area contributed by atoms with E-state index in [2.05, 4.69) is 6.92 Å². The van der Waals surface area contributed by atoms with Crippen LogP contribution in [0.1, 0.15) is 32.6 Å². The molecular weight excluding hydrogens is 348 g/mol. The summed E-state index contributed by atoms with van der Waals surface area (Å²) in [6.45, 7) is 3.99. The summed E-state index contributed by atoms with van der Waals surface area (Å²) in [5.41, 5.74) is 0. The van der Waals surface area contributed by atoms with Crippen molar-refractivity contribution in [1.82, 2.24) is 9.21 Å². The van der Waals surface area contributed by atoms with Crippen LogP contribution < -0.4 is 0 Å². The number of halogens is 1. The maximum absolute atomic E-state index is 13.0. The number of likely N-dealkylation sites (tertiary alicyclic amines) is 1. The van der Waals surface area contributed by atoms with E-state index in [4.69, 9.17) is 11.6 Å². The third kappa shape index (κ3) is 3.32. The van der Waals surface area contributed by atoms with E-state index in [0.29, 0.717) is 25.3 Å². The maximum atomic E-state index is 13.0. The number of amides is 1. The molecule has 0 aromatic heterocycles. The molecule has 0 radical (unpaired) electrons. The average molecular weight is 371 g/mol. The summed E-state index contributed by atoms with van der Waals surface area (Å²) in [5, 5.41) is 0.197. The molecular formula is C17H23ClN2O3S. The highest BCUT2D eigenvalue weighted by molar-refractivity contribution is 7.89. The predicted molar refractivity (Wildman–Crippen MR) is 93.3 cm³/mol. The smallest absolute Gasteiger partial charge is 0.245 e. The second-order valence-electron chi connectivity index (χ2n) is 6.71. The number of hydrogen-bond acceptors (Lipinski definition) is 3. The highest BCUT2D eigenvalue weighted by Crippen LogP contribution is 2.31. The van der Waals surface area contributed by atoms with Crippen LogP contribution in [-0.4, -0.2) is 49.2 Å². The monoisotopic (exact) mass is 370 g/mol. The molecule has 2 saturated heterocycles. The summed E-state index contributed by atoms with van der Waals surface area (Å²) in [6.07, 6.45) is 3.24. The van der Waals surface area contributed by atoms with Crippen LogP contribution in [0.3, 0.4) is 0 Å². The lowest BCUT2D eigenvalue weighted by atomic mass is 9.98. The molecule has 1 amide bonds. The summed E-state index contributed by atoms with van der Waals surface area (Å²) in [6, 6.07) is 5.81. The van der Waals surface area contributed by atoms with Gasteiger partial charge in [0, 0.05) is 19.6 Å². The Balaban J connectivity index is 1.83. The second kappa shape index (κ2) is 7.02. The Hall–Kier alpha value is -1.11. The first-order chi connectivity index (χ1) is 11.4. The van der Waals surface area contributed by atoms with Gasteiger partial charge in [0.25, 0.3) is 0 Å². The lowest BCUT2D eigenvalue weighted by Crippen LogP contribution is -2.49. The summed E-state index contributed by atoms with van der Waals surface area (Å²) < 4.78 is 27.3. The molecule has 2 heterocycles. The zero-order valence-corrected chi connectivity index (χ0v) is 15.4.